The normalized spacial score (nSPS) is 10.3. The lowest BCUT2D eigenvalue weighted by Gasteiger charge is -2.06. The topological polar surface area (TPSA) is 94.6 Å². The minimum atomic E-state index is -0.504. The molecule has 8 heteroatoms. The highest BCUT2D eigenvalue weighted by Crippen LogP contribution is 2.25. The van der Waals surface area contributed by atoms with E-state index in [0.717, 1.165) is 4.47 Å². The van der Waals surface area contributed by atoms with Gasteiger partial charge in [0, 0.05) is 17.8 Å². The number of para-hydroxylation sites is 1. The van der Waals surface area contributed by atoms with Gasteiger partial charge in [-0.2, -0.15) is 0 Å². The maximum Gasteiger partial charge on any atom is 0.291 e. The van der Waals surface area contributed by atoms with Gasteiger partial charge in [0.25, 0.3) is 11.6 Å². The van der Waals surface area contributed by atoms with Crippen LogP contribution in [0.2, 0.25) is 0 Å². The Morgan fingerprint density at radius 1 is 1.12 bits per heavy atom. The molecule has 0 unspecified atom stereocenters. The maximum atomic E-state index is 12.2. The van der Waals surface area contributed by atoms with Crippen LogP contribution in [0.3, 0.4) is 0 Å². The molecular weight excluding hydrogens is 404 g/mol. The summed E-state index contributed by atoms with van der Waals surface area (Å²) in [5, 5.41) is 13.2. The molecule has 1 N–H and O–H groups in total. The van der Waals surface area contributed by atoms with Crippen LogP contribution in [-0.2, 0) is 6.61 Å². The Hall–Kier alpha value is -3.13. The Bertz CT molecular complexity index is 937. The summed E-state index contributed by atoms with van der Waals surface area (Å²) < 4.78 is 11.9. The van der Waals surface area contributed by atoms with Crippen molar-refractivity contribution >= 4 is 33.2 Å². The summed E-state index contributed by atoms with van der Waals surface area (Å²) in [4.78, 5) is 22.3. The van der Waals surface area contributed by atoms with Gasteiger partial charge in [-0.05, 0) is 52.3 Å². The zero-order valence-corrected chi connectivity index (χ0v) is 14.9. The minimum absolute atomic E-state index is 0.0486. The van der Waals surface area contributed by atoms with Gasteiger partial charge in [0.2, 0.25) is 0 Å². The first-order valence-electron chi connectivity index (χ1n) is 7.55. The first-order chi connectivity index (χ1) is 12.5. The molecule has 7 nitrogen and oxygen atoms in total. The number of rotatable bonds is 6. The summed E-state index contributed by atoms with van der Waals surface area (Å²) in [6.07, 6.45) is 0. The van der Waals surface area contributed by atoms with Crippen LogP contribution in [0.25, 0.3) is 0 Å². The Balaban J connectivity index is 1.60. The molecule has 3 aromatic rings. The highest BCUT2D eigenvalue weighted by molar-refractivity contribution is 9.10. The number of carbonyl (C=O) groups excluding carboxylic acids is 1. The summed E-state index contributed by atoms with van der Waals surface area (Å²) in [6.45, 7) is 0.174. The Labute approximate surface area is 156 Å². The van der Waals surface area contributed by atoms with E-state index in [0.29, 0.717) is 17.2 Å². The molecule has 0 aliphatic rings. The zero-order chi connectivity index (χ0) is 18.5. The van der Waals surface area contributed by atoms with Crippen molar-refractivity contribution in [3.63, 3.8) is 0 Å². The molecule has 0 radical (unpaired) electrons. The number of carbonyl (C=O) groups is 1. The molecular formula is C18H13BrN2O5. The average Bonchev–Trinajstić information content (AvgIpc) is 3.11. The number of benzene rings is 2. The van der Waals surface area contributed by atoms with Crippen molar-refractivity contribution in [1.82, 2.24) is 0 Å². The summed E-state index contributed by atoms with van der Waals surface area (Å²) in [7, 11) is 0. The van der Waals surface area contributed by atoms with Gasteiger partial charge in [0.05, 0.1) is 9.40 Å². The summed E-state index contributed by atoms with van der Waals surface area (Å²) in [5.74, 6) is 0.829. The van der Waals surface area contributed by atoms with Crippen molar-refractivity contribution in [3.05, 3.63) is 86.8 Å². The van der Waals surface area contributed by atoms with Gasteiger partial charge < -0.3 is 14.5 Å². The van der Waals surface area contributed by atoms with Crippen molar-refractivity contribution < 1.29 is 18.9 Å². The van der Waals surface area contributed by atoms with Gasteiger partial charge in [-0.1, -0.05) is 12.1 Å². The van der Waals surface area contributed by atoms with Crippen LogP contribution in [0.4, 0.5) is 11.4 Å². The second kappa shape index (κ2) is 7.83. The molecule has 132 valence electrons. The second-order valence-electron chi connectivity index (χ2n) is 5.24. The van der Waals surface area contributed by atoms with E-state index in [2.05, 4.69) is 21.2 Å². The molecule has 2 aromatic carbocycles. The van der Waals surface area contributed by atoms with Gasteiger partial charge >= 0.3 is 0 Å². The van der Waals surface area contributed by atoms with Crippen molar-refractivity contribution in [3.8, 4) is 5.75 Å². The van der Waals surface area contributed by atoms with E-state index >= 15 is 0 Å². The predicted molar refractivity (Wildman–Crippen MR) is 98.2 cm³/mol. The molecule has 26 heavy (non-hydrogen) atoms. The minimum Gasteiger partial charge on any atom is -0.484 e. The van der Waals surface area contributed by atoms with E-state index < -0.39 is 10.8 Å². The van der Waals surface area contributed by atoms with E-state index in [9.17, 15) is 14.9 Å². The fourth-order valence-corrected chi connectivity index (χ4v) is 2.55. The zero-order valence-electron chi connectivity index (χ0n) is 13.3. The van der Waals surface area contributed by atoms with Crippen molar-refractivity contribution in [2.45, 2.75) is 6.61 Å². The van der Waals surface area contributed by atoms with Crippen LogP contribution in [0, 0.1) is 10.1 Å². The largest absolute Gasteiger partial charge is 0.484 e. The Kier molecular flexibility index (Phi) is 5.33. The first kappa shape index (κ1) is 17.7. The van der Waals surface area contributed by atoms with Gasteiger partial charge in [0.1, 0.15) is 18.1 Å². The van der Waals surface area contributed by atoms with Crippen LogP contribution >= 0.6 is 15.9 Å². The van der Waals surface area contributed by atoms with Gasteiger partial charge in [0.15, 0.2) is 5.76 Å². The Morgan fingerprint density at radius 2 is 1.85 bits per heavy atom. The molecule has 0 atom stereocenters. The number of nitrogens with one attached hydrogen (secondary N) is 1. The Morgan fingerprint density at radius 3 is 2.54 bits per heavy atom. The summed E-state index contributed by atoms with van der Waals surface area (Å²) in [6, 6.07) is 16.1. The number of halogens is 1. The molecule has 0 bridgehead atoms. The van der Waals surface area contributed by atoms with E-state index in [1.54, 1.807) is 12.1 Å². The van der Waals surface area contributed by atoms with Crippen molar-refractivity contribution in [2.75, 3.05) is 5.32 Å². The number of nitro groups is 1. The fraction of sp³-hybridized carbons (Fsp3) is 0.0556. The standard InChI is InChI=1S/C18H13BrN2O5/c19-15-3-1-2-4-16(15)25-11-14-9-10-17(26-14)18(22)20-12-5-7-13(8-6-12)21(23)24/h1-10H,11H2,(H,20,22). The quantitative estimate of drug-likeness (QED) is 0.460. The number of nitro benzene ring substituents is 1. The highest BCUT2D eigenvalue weighted by atomic mass is 79.9. The van der Waals surface area contributed by atoms with E-state index in [1.165, 1.54) is 24.3 Å². The van der Waals surface area contributed by atoms with E-state index in [4.69, 9.17) is 9.15 Å². The fourth-order valence-electron chi connectivity index (χ4n) is 2.15. The summed E-state index contributed by atoms with van der Waals surface area (Å²) in [5.41, 5.74) is 0.385. The van der Waals surface area contributed by atoms with Crippen LogP contribution in [0.5, 0.6) is 5.75 Å². The third-order valence-corrected chi connectivity index (χ3v) is 4.08. The number of non-ortho nitro benzene ring substituents is 1. The molecule has 1 heterocycles. The molecule has 1 amide bonds. The first-order valence-corrected chi connectivity index (χ1v) is 8.34. The monoisotopic (exact) mass is 416 g/mol. The third-order valence-electron chi connectivity index (χ3n) is 3.43. The molecule has 3 rings (SSSR count). The number of anilines is 1. The van der Waals surface area contributed by atoms with Gasteiger partial charge in [-0.15, -0.1) is 0 Å². The van der Waals surface area contributed by atoms with E-state index in [1.807, 2.05) is 24.3 Å². The average molecular weight is 417 g/mol. The predicted octanol–water partition coefficient (Wildman–Crippen LogP) is 4.78. The molecule has 0 fully saturated rings. The maximum absolute atomic E-state index is 12.2. The number of amides is 1. The van der Waals surface area contributed by atoms with Crippen LogP contribution in [0.15, 0.2) is 69.6 Å². The van der Waals surface area contributed by atoms with Crippen LogP contribution in [-0.4, -0.2) is 10.8 Å². The number of furan rings is 1. The number of hydrogen-bond donors (Lipinski definition) is 1. The number of ether oxygens (including phenoxy) is 1. The highest BCUT2D eigenvalue weighted by Gasteiger charge is 2.13. The van der Waals surface area contributed by atoms with Crippen LogP contribution in [0.1, 0.15) is 16.3 Å². The molecule has 1 aromatic heterocycles. The molecule has 0 spiro atoms. The lowest BCUT2D eigenvalue weighted by atomic mass is 10.3. The molecule has 0 saturated carbocycles. The smallest absolute Gasteiger partial charge is 0.291 e. The van der Waals surface area contributed by atoms with Gasteiger partial charge in [-0.3, -0.25) is 14.9 Å². The lowest BCUT2D eigenvalue weighted by Crippen LogP contribution is -2.10. The SMILES string of the molecule is O=C(Nc1ccc([N+](=O)[O-])cc1)c1ccc(COc2ccccc2Br)o1. The summed E-state index contributed by atoms with van der Waals surface area (Å²) >= 11 is 3.39. The van der Waals surface area contributed by atoms with E-state index in [-0.39, 0.29) is 18.1 Å². The van der Waals surface area contributed by atoms with Gasteiger partial charge in [-0.25, -0.2) is 0 Å². The molecule has 0 aliphatic carbocycles. The third kappa shape index (κ3) is 4.28. The molecule has 0 saturated heterocycles. The van der Waals surface area contributed by atoms with Crippen LogP contribution < -0.4 is 10.1 Å². The lowest BCUT2D eigenvalue weighted by molar-refractivity contribution is -0.384. The molecule has 0 aliphatic heterocycles. The van der Waals surface area contributed by atoms with Crippen molar-refractivity contribution in [1.29, 1.82) is 0 Å². The van der Waals surface area contributed by atoms with Crippen molar-refractivity contribution in [2.24, 2.45) is 0 Å². The number of hydrogen-bond acceptors (Lipinski definition) is 5. The number of nitrogens with zero attached hydrogens (tertiary/aromatic N) is 1. The second-order valence-corrected chi connectivity index (χ2v) is 6.10.